The summed E-state index contributed by atoms with van der Waals surface area (Å²) in [5.41, 5.74) is 2.31. The molecule has 0 aliphatic carbocycles. The van der Waals surface area contributed by atoms with Crippen LogP contribution in [0.2, 0.25) is 0 Å². The van der Waals surface area contributed by atoms with Gasteiger partial charge in [-0.05, 0) is 30.2 Å². The molecule has 2 heterocycles. The smallest absolute Gasteiger partial charge is 0.263 e. The molecule has 4 rings (SSSR count). The van der Waals surface area contributed by atoms with Crippen molar-refractivity contribution in [1.29, 1.82) is 0 Å². The van der Waals surface area contributed by atoms with E-state index in [1.54, 1.807) is 0 Å². The van der Waals surface area contributed by atoms with Crippen molar-refractivity contribution in [2.75, 3.05) is 0 Å². The third-order valence-corrected chi connectivity index (χ3v) is 3.87. The molecule has 0 aliphatic heterocycles. The average Bonchev–Trinajstić information content (AvgIpc) is 3.32. The highest BCUT2D eigenvalue weighted by Crippen LogP contribution is 2.30. The molecule has 0 saturated carbocycles. The first kappa shape index (κ1) is 16.1. The summed E-state index contributed by atoms with van der Waals surface area (Å²) in [7, 11) is 0. The van der Waals surface area contributed by atoms with Crippen LogP contribution >= 0.6 is 0 Å². The third kappa shape index (κ3) is 3.21. The minimum atomic E-state index is 0.196. The summed E-state index contributed by atoms with van der Waals surface area (Å²) in [6, 6.07) is 17.2. The van der Waals surface area contributed by atoms with Crippen molar-refractivity contribution >= 4 is 0 Å². The Labute approximate surface area is 150 Å². The Morgan fingerprint density at radius 1 is 0.923 bits per heavy atom. The van der Waals surface area contributed by atoms with Crippen molar-refractivity contribution in [3.63, 3.8) is 0 Å². The molecule has 0 saturated heterocycles. The van der Waals surface area contributed by atoms with Gasteiger partial charge in [0.05, 0.1) is 5.69 Å². The molecule has 0 fully saturated rings. The largest absolute Gasteiger partial charge is 0.457 e. The van der Waals surface area contributed by atoms with Gasteiger partial charge < -0.3 is 13.8 Å². The Morgan fingerprint density at radius 2 is 1.73 bits per heavy atom. The van der Waals surface area contributed by atoms with Gasteiger partial charge in [0.25, 0.3) is 5.89 Å². The van der Waals surface area contributed by atoms with Crippen molar-refractivity contribution < 1.29 is 13.8 Å². The molecular weight excluding hydrogens is 330 g/mol. The Hall–Kier alpha value is -3.41. The second-order valence-electron chi connectivity index (χ2n) is 6.13. The van der Waals surface area contributed by atoms with Gasteiger partial charge in [0, 0.05) is 5.56 Å². The molecule has 6 nitrogen and oxygen atoms in total. The van der Waals surface area contributed by atoms with Crippen molar-refractivity contribution in [3.05, 3.63) is 66.6 Å². The van der Waals surface area contributed by atoms with E-state index in [2.05, 4.69) is 15.3 Å². The predicted molar refractivity (Wildman–Crippen MR) is 95.8 cm³/mol. The number of aromatic nitrogens is 3. The zero-order chi connectivity index (χ0) is 17.9. The molecule has 26 heavy (non-hydrogen) atoms. The molecule has 4 aromatic rings. The molecule has 2 aromatic carbocycles. The van der Waals surface area contributed by atoms with Gasteiger partial charge in [0.1, 0.15) is 23.3 Å². The average molecular weight is 347 g/mol. The highest BCUT2D eigenvalue weighted by Gasteiger charge is 2.19. The zero-order valence-corrected chi connectivity index (χ0v) is 14.4. The van der Waals surface area contributed by atoms with Crippen LogP contribution in [0.15, 0.2) is 69.9 Å². The first-order valence-corrected chi connectivity index (χ1v) is 8.32. The summed E-state index contributed by atoms with van der Waals surface area (Å²) in [5.74, 6) is 2.54. The summed E-state index contributed by atoms with van der Waals surface area (Å²) >= 11 is 0. The van der Waals surface area contributed by atoms with Crippen molar-refractivity contribution in [1.82, 2.24) is 15.3 Å². The summed E-state index contributed by atoms with van der Waals surface area (Å²) in [6.45, 7) is 4.06. The Balaban J connectivity index is 1.62. The molecule has 0 amide bonds. The summed E-state index contributed by atoms with van der Waals surface area (Å²) < 4.78 is 16.3. The maximum absolute atomic E-state index is 5.86. The molecule has 0 spiro atoms. The number of benzene rings is 2. The lowest BCUT2D eigenvalue weighted by Gasteiger charge is -2.05. The van der Waals surface area contributed by atoms with Crippen molar-refractivity contribution in [2.45, 2.75) is 19.8 Å². The number of para-hydroxylation sites is 1. The van der Waals surface area contributed by atoms with Crippen LogP contribution in [0.3, 0.4) is 0 Å². The molecular formula is C20H17N3O3. The minimum absolute atomic E-state index is 0.196. The van der Waals surface area contributed by atoms with E-state index in [4.69, 9.17) is 13.8 Å². The molecule has 0 radical (unpaired) electrons. The van der Waals surface area contributed by atoms with Crippen LogP contribution < -0.4 is 4.74 Å². The van der Waals surface area contributed by atoms with E-state index in [1.807, 2.05) is 68.4 Å². The van der Waals surface area contributed by atoms with Crippen LogP contribution in [0.25, 0.3) is 22.8 Å². The first-order valence-electron chi connectivity index (χ1n) is 8.32. The first-order chi connectivity index (χ1) is 12.7. The van der Waals surface area contributed by atoms with Gasteiger partial charge in [-0.1, -0.05) is 54.5 Å². The highest BCUT2D eigenvalue weighted by molar-refractivity contribution is 5.62. The number of hydrogen-bond donors (Lipinski definition) is 0. The van der Waals surface area contributed by atoms with Gasteiger partial charge in [-0.3, -0.25) is 0 Å². The lowest BCUT2D eigenvalue weighted by atomic mass is 10.1. The van der Waals surface area contributed by atoms with Gasteiger partial charge in [-0.25, -0.2) is 0 Å². The predicted octanol–water partition coefficient (Wildman–Crippen LogP) is 5.31. The summed E-state index contributed by atoms with van der Waals surface area (Å²) in [6.07, 6.45) is 1.53. The van der Waals surface area contributed by atoms with Crippen molar-refractivity contribution in [2.24, 2.45) is 0 Å². The van der Waals surface area contributed by atoms with Gasteiger partial charge >= 0.3 is 0 Å². The SMILES string of the molecule is CC(C)c1nocc1-c1nc(-c2cccc(Oc3ccccc3)c2)no1. The fourth-order valence-electron chi connectivity index (χ4n) is 2.60. The number of rotatable bonds is 5. The molecule has 0 aliphatic rings. The lowest BCUT2D eigenvalue weighted by molar-refractivity contribution is 0.407. The molecule has 6 heteroatoms. The topological polar surface area (TPSA) is 74.2 Å². The van der Waals surface area contributed by atoms with Crippen LogP contribution in [0.1, 0.15) is 25.5 Å². The second-order valence-corrected chi connectivity index (χ2v) is 6.13. The fourth-order valence-corrected chi connectivity index (χ4v) is 2.60. The van der Waals surface area contributed by atoms with E-state index >= 15 is 0 Å². The van der Waals surface area contributed by atoms with Crippen LogP contribution in [0.4, 0.5) is 0 Å². The second kappa shape index (κ2) is 6.84. The van der Waals surface area contributed by atoms with Crippen molar-refractivity contribution in [3.8, 4) is 34.3 Å². The number of ether oxygens (including phenoxy) is 1. The van der Waals surface area contributed by atoms with Gasteiger partial charge in [0.15, 0.2) is 0 Å². The van der Waals surface area contributed by atoms with Crippen LogP contribution in [-0.4, -0.2) is 15.3 Å². The van der Waals surface area contributed by atoms with E-state index in [9.17, 15) is 0 Å². The van der Waals surface area contributed by atoms with E-state index < -0.39 is 0 Å². The van der Waals surface area contributed by atoms with Crippen LogP contribution in [0.5, 0.6) is 11.5 Å². The normalized spacial score (nSPS) is 11.0. The highest BCUT2D eigenvalue weighted by atomic mass is 16.5. The maximum atomic E-state index is 5.86. The van der Waals surface area contributed by atoms with E-state index in [-0.39, 0.29) is 5.92 Å². The molecule has 130 valence electrons. The lowest BCUT2D eigenvalue weighted by Crippen LogP contribution is -1.90. The van der Waals surface area contributed by atoms with Gasteiger partial charge in [-0.2, -0.15) is 4.98 Å². The fraction of sp³-hybridized carbons (Fsp3) is 0.150. The Kier molecular flexibility index (Phi) is 4.23. The monoisotopic (exact) mass is 347 g/mol. The minimum Gasteiger partial charge on any atom is -0.457 e. The van der Waals surface area contributed by atoms with E-state index in [1.165, 1.54) is 6.26 Å². The third-order valence-electron chi connectivity index (χ3n) is 3.87. The standard InChI is InChI=1S/C20H17N3O3/c1-13(2)18-17(12-24-22-18)20-21-19(23-26-20)14-7-6-10-16(11-14)25-15-8-4-3-5-9-15/h3-13H,1-2H3. The van der Waals surface area contributed by atoms with Crippen LogP contribution in [-0.2, 0) is 0 Å². The van der Waals surface area contributed by atoms with Gasteiger partial charge in [-0.15, -0.1) is 0 Å². The quantitative estimate of drug-likeness (QED) is 0.487. The maximum Gasteiger partial charge on any atom is 0.263 e. The molecule has 0 N–H and O–H groups in total. The molecule has 0 unspecified atom stereocenters. The van der Waals surface area contributed by atoms with E-state index in [0.29, 0.717) is 17.5 Å². The Bertz CT molecular complexity index is 1010. The van der Waals surface area contributed by atoms with Gasteiger partial charge in [0.2, 0.25) is 5.82 Å². The molecule has 0 atom stereocenters. The number of nitrogens with zero attached hydrogens (tertiary/aromatic N) is 3. The molecule has 0 bridgehead atoms. The van der Waals surface area contributed by atoms with Crippen LogP contribution in [0, 0.1) is 0 Å². The summed E-state index contributed by atoms with van der Waals surface area (Å²) in [5, 5.41) is 8.09. The molecule has 2 aromatic heterocycles. The Morgan fingerprint density at radius 3 is 2.54 bits per heavy atom. The number of hydrogen-bond acceptors (Lipinski definition) is 6. The van der Waals surface area contributed by atoms with E-state index in [0.717, 1.165) is 22.6 Å². The summed E-state index contributed by atoms with van der Waals surface area (Å²) in [4.78, 5) is 4.48. The zero-order valence-electron chi connectivity index (χ0n) is 14.4.